The summed E-state index contributed by atoms with van der Waals surface area (Å²) in [5, 5.41) is 5.89. The number of hydrogen-bond donors (Lipinski definition) is 2. The van der Waals surface area contributed by atoms with Gasteiger partial charge in [0.15, 0.2) is 0 Å². The van der Waals surface area contributed by atoms with Gasteiger partial charge < -0.3 is 53.6 Å². The second-order valence-electron chi connectivity index (χ2n) is 34.3. The number of ether oxygens (including phenoxy) is 7. The van der Waals surface area contributed by atoms with Gasteiger partial charge in [0.05, 0.1) is 52.6 Å². The van der Waals surface area contributed by atoms with Crippen LogP contribution in [0.15, 0.2) is 48.6 Å². The lowest BCUT2D eigenvalue weighted by Gasteiger charge is -2.23. The average Bonchev–Trinajstić information content (AvgIpc) is 0.911. The molecule has 0 aromatic heterocycles. The Morgan fingerprint density at radius 1 is 0.258 bits per heavy atom. The van der Waals surface area contributed by atoms with Crippen molar-refractivity contribution in [3.05, 3.63) is 48.6 Å². The number of amides is 4. The molecule has 720 valence electrons. The van der Waals surface area contributed by atoms with Crippen LogP contribution in [0.1, 0.15) is 452 Å². The van der Waals surface area contributed by atoms with Crippen LogP contribution < -0.4 is 10.6 Å². The van der Waals surface area contributed by atoms with E-state index in [9.17, 15) is 43.2 Å². The van der Waals surface area contributed by atoms with Crippen LogP contribution in [0.5, 0.6) is 0 Å². The molecular weight excluding hydrogens is 1560 g/mol. The van der Waals surface area contributed by atoms with Crippen molar-refractivity contribution in [1.29, 1.82) is 0 Å². The predicted molar refractivity (Wildman–Crippen MR) is 509 cm³/mol. The Kier molecular flexibility index (Phi) is 91.9. The third-order valence-corrected chi connectivity index (χ3v) is 22.8. The Bertz CT molecular complexity index is 2500. The summed E-state index contributed by atoms with van der Waals surface area (Å²) in [5.41, 5.74) is 0. The fourth-order valence-corrected chi connectivity index (χ4v) is 14.9. The van der Waals surface area contributed by atoms with Crippen LogP contribution in [0.2, 0.25) is 0 Å². The largest absolute Gasteiger partial charge is 0.464 e. The van der Waals surface area contributed by atoms with Gasteiger partial charge in [-0.1, -0.05) is 288 Å². The summed E-state index contributed by atoms with van der Waals surface area (Å²) in [7, 11) is 0. The van der Waals surface area contributed by atoms with E-state index >= 15 is 0 Å². The van der Waals surface area contributed by atoms with Gasteiger partial charge in [0.25, 0.3) is 0 Å². The van der Waals surface area contributed by atoms with Gasteiger partial charge in [0, 0.05) is 90.0 Å². The zero-order valence-corrected chi connectivity index (χ0v) is 80.4. The van der Waals surface area contributed by atoms with E-state index in [4.69, 9.17) is 33.2 Å². The molecule has 0 saturated heterocycles. The van der Waals surface area contributed by atoms with Crippen molar-refractivity contribution in [2.24, 2.45) is 5.92 Å². The number of Topliss-reactive ketones (excluding diaryl/α,β-unsaturated/α-hetero) is 1. The summed E-state index contributed by atoms with van der Waals surface area (Å²) in [5.74, 6) is -3.65. The van der Waals surface area contributed by atoms with Gasteiger partial charge in [0.2, 0.25) is 23.6 Å². The number of allylic oxidation sites excluding steroid dienone is 8. The van der Waals surface area contributed by atoms with Gasteiger partial charge in [-0.2, -0.15) is 0 Å². The lowest BCUT2D eigenvalue weighted by atomic mass is 9.93. The van der Waals surface area contributed by atoms with Crippen molar-refractivity contribution in [3.63, 3.8) is 0 Å². The second kappa shape index (κ2) is 96.4. The maximum atomic E-state index is 14.0. The number of esters is 4. The number of nitrogens with zero attached hydrogens (tertiary/aromatic N) is 2. The normalized spacial score (nSPS) is 11.8. The van der Waals surface area contributed by atoms with E-state index in [2.05, 4.69) is 86.9 Å². The number of unbranched alkanes of at least 4 members (excludes halogenated alkanes) is 45. The molecule has 0 rings (SSSR count). The zero-order chi connectivity index (χ0) is 90.2. The quantitative estimate of drug-likeness (QED) is 0.0249. The molecule has 0 aromatic rings. The monoisotopic (exact) mass is 1750 g/mol. The van der Waals surface area contributed by atoms with Gasteiger partial charge in [-0.25, -0.2) is 0 Å². The highest BCUT2D eigenvalue weighted by atomic mass is 16.6. The van der Waals surface area contributed by atoms with Crippen LogP contribution in [-0.4, -0.2) is 168 Å². The molecule has 20 heteroatoms. The Labute approximate surface area is 757 Å². The first-order valence-electron chi connectivity index (χ1n) is 51.4. The Hall–Kier alpha value is -5.73. The van der Waals surface area contributed by atoms with Crippen LogP contribution >= 0.6 is 0 Å². The number of carbonyl (C=O) groups is 9. The Morgan fingerprint density at radius 3 is 0.847 bits per heavy atom. The molecule has 1 atom stereocenters. The third-order valence-electron chi connectivity index (χ3n) is 22.8. The average molecular weight is 1750 g/mol. The van der Waals surface area contributed by atoms with E-state index in [0.29, 0.717) is 97.6 Å². The highest BCUT2D eigenvalue weighted by Gasteiger charge is 2.25. The molecule has 0 spiro atoms. The zero-order valence-electron chi connectivity index (χ0n) is 80.4. The summed E-state index contributed by atoms with van der Waals surface area (Å²) < 4.78 is 39.1. The van der Waals surface area contributed by atoms with Crippen LogP contribution in [-0.2, 0) is 76.3 Å². The molecule has 124 heavy (non-hydrogen) atoms. The molecule has 0 saturated carbocycles. The fraction of sp³-hybridized carbons (Fsp3) is 0.837. The van der Waals surface area contributed by atoms with Gasteiger partial charge in [-0.05, 0) is 155 Å². The summed E-state index contributed by atoms with van der Waals surface area (Å²) in [6.45, 7) is 14.4. The van der Waals surface area contributed by atoms with Crippen LogP contribution in [0.3, 0.4) is 0 Å². The first-order valence-corrected chi connectivity index (χ1v) is 51.4. The van der Waals surface area contributed by atoms with Gasteiger partial charge in [-0.3, -0.25) is 43.2 Å². The molecule has 20 nitrogen and oxygen atoms in total. The summed E-state index contributed by atoms with van der Waals surface area (Å²) in [6.07, 6.45) is 80.9. The van der Waals surface area contributed by atoms with Crippen LogP contribution in [0, 0.1) is 5.92 Å². The molecular formula is C104H188N4O16. The first kappa shape index (κ1) is 118. The van der Waals surface area contributed by atoms with E-state index in [1.807, 2.05) is 6.92 Å². The van der Waals surface area contributed by atoms with Crippen molar-refractivity contribution in [2.45, 2.75) is 452 Å². The predicted octanol–water partition coefficient (Wildman–Crippen LogP) is 25.0. The lowest BCUT2D eigenvalue weighted by molar-refractivity contribution is -0.148. The van der Waals surface area contributed by atoms with Crippen molar-refractivity contribution in [3.8, 4) is 0 Å². The van der Waals surface area contributed by atoms with E-state index < -0.39 is 5.92 Å². The van der Waals surface area contributed by atoms with Crippen LogP contribution in [0.4, 0.5) is 0 Å². The second-order valence-corrected chi connectivity index (χ2v) is 34.3. The van der Waals surface area contributed by atoms with E-state index in [1.54, 1.807) is 0 Å². The molecule has 0 aliphatic carbocycles. The van der Waals surface area contributed by atoms with Crippen molar-refractivity contribution < 1.29 is 76.3 Å². The lowest BCUT2D eigenvalue weighted by Crippen LogP contribution is -2.38. The van der Waals surface area contributed by atoms with Gasteiger partial charge in [0.1, 0.15) is 32.2 Å². The molecule has 0 aromatic carbocycles. The van der Waals surface area contributed by atoms with Gasteiger partial charge in [-0.15, -0.1) is 0 Å². The summed E-state index contributed by atoms with van der Waals surface area (Å²) in [4.78, 5) is 124. The third kappa shape index (κ3) is 87.0. The minimum absolute atomic E-state index is 0.0243. The van der Waals surface area contributed by atoms with Crippen molar-refractivity contribution >= 4 is 53.3 Å². The maximum Gasteiger partial charge on any atom is 0.305 e. The summed E-state index contributed by atoms with van der Waals surface area (Å²) >= 11 is 0. The van der Waals surface area contributed by atoms with E-state index in [0.717, 1.165) is 167 Å². The molecule has 4 amide bonds. The first-order chi connectivity index (χ1) is 60.8. The van der Waals surface area contributed by atoms with Crippen LogP contribution in [0.25, 0.3) is 0 Å². The van der Waals surface area contributed by atoms with Crippen molar-refractivity contribution in [2.75, 3.05) is 105 Å². The topological polar surface area (TPSA) is 249 Å². The number of hydrogen-bond acceptors (Lipinski definition) is 16. The summed E-state index contributed by atoms with van der Waals surface area (Å²) in [6, 6.07) is 0. The molecule has 2 N–H and O–H groups in total. The van der Waals surface area contributed by atoms with E-state index in [-0.39, 0.29) is 157 Å². The number of nitrogens with one attached hydrogen (secondary N) is 2. The smallest absolute Gasteiger partial charge is 0.305 e. The molecule has 0 unspecified atom stereocenters. The fourth-order valence-electron chi connectivity index (χ4n) is 14.9. The molecule has 0 aliphatic heterocycles. The van der Waals surface area contributed by atoms with Gasteiger partial charge >= 0.3 is 23.9 Å². The Morgan fingerprint density at radius 2 is 0.532 bits per heavy atom. The highest BCUT2D eigenvalue weighted by molar-refractivity contribution is 5.89. The molecule has 0 heterocycles. The SMILES string of the molecule is CCCCCCCC/C=C\CCCCCCCC(=O)OCCN(CCOC(=O)CCCCCCC/C=C\CCCCCCCC)C(=O)CCC(=O)C[C@@H](CCCCNC(=O)CCC(=O)N(CCOC(=O)CCCCCCC/C=C\CCCCCCCC)CCOC(=O)CCCCCCC/C=C\CCCCCCCC)C(=O)NCCCOCCOCCOCC. The Balaban J connectivity index is 5.83. The molecule has 0 fully saturated rings. The maximum absolute atomic E-state index is 14.0. The standard InChI is InChI=1S/C104H188N4O16/c1-6-11-15-19-23-27-31-35-39-43-47-51-55-59-63-71-100(113)121-86-81-107(82-87-122-101(114)72-64-60-56-52-48-44-40-36-32-28-24-20-16-12-7-2)98(111)77-75-96(109)94-95(104(117)106-80-69-85-119-92-93-120-91-90-118-10-5)70-67-68-79-105-97(110)76-78-99(112)108(83-88-123-102(115)73-65-61-57-53-49-45-41-37-33-29-25-21-17-13-8-3)84-89-124-103(116)74-66-62-58-54-50-46-42-38-34-30-26-22-18-14-9-4/h35-42,95H,6-34,43-94H2,1-5H3,(H,105,110)(H,106,117)/b39-35-,40-36-,41-37-,42-38-/t95-/m1/s1. The van der Waals surface area contributed by atoms with E-state index in [1.165, 1.54) is 164 Å². The number of rotatable bonds is 97. The minimum atomic E-state index is -0.725. The highest BCUT2D eigenvalue weighted by Crippen LogP contribution is 2.20. The van der Waals surface area contributed by atoms with Crippen molar-refractivity contribution in [1.82, 2.24) is 20.4 Å². The minimum Gasteiger partial charge on any atom is -0.464 e. The molecule has 0 aliphatic rings. The molecule has 0 radical (unpaired) electrons. The number of carbonyl (C=O) groups excluding carboxylic acids is 9. The molecule has 0 bridgehead atoms. The number of ketones is 1.